The number of hydrogen-bond donors (Lipinski definition) is 2. The second-order valence-electron chi connectivity index (χ2n) is 7.55. The number of carbonyl (C=O) groups is 1. The SMILES string of the molecule is CCC1(C(=O)NCC2(CC(C)C)CCCC2)CCNC1. The number of rotatable bonds is 6. The molecule has 2 rings (SSSR count). The summed E-state index contributed by atoms with van der Waals surface area (Å²) in [5, 5.41) is 6.68. The van der Waals surface area contributed by atoms with E-state index in [1.165, 1.54) is 32.1 Å². The molecule has 2 aliphatic rings. The van der Waals surface area contributed by atoms with E-state index in [-0.39, 0.29) is 5.41 Å². The lowest BCUT2D eigenvalue weighted by molar-refractivity contribution is -0.130. The van der Waals surface area contributed by atoms with Crippen molar-refractivity contribution in [3.8, 4) is 0 Å². The number of nitrogens with one attached hydrogen (secondary N) is 2. The molecule has 0 aromatic heterocycles. The Morgan fingerprint density at radius 3 is 2.45 bits per heavy atom. The molecule has 0 radical (unpaired) electrons. The minimum Gasteiger partial charge on any atom is -0.355 e. The fraction of sp³-hybridized carbons (Fsp3) is 0.941. The van der Waals surface area contributed by atoms with Crippen LogP contribution in [0.2, 0.25) is 0 Å². The van der Waals surface area contributed by atoms with Gasteiger partial charge in [0.2, 0.25) is 5.91 Å². The minimum absolute atomic E-state index is 0.141. The second-order valence-corrected chi connectivity index (χ2v) is 7.55. The van der Waals surface area contributed by atoms with Gasteiger partial charge in [-0.2, -0.15) is 0 Å². The first kappa shape index (κ1) is 15.8. The van der Waals surface area contributed by atoms with E-state index < -0.39 is 0 Å². The van der Waals surface area contributed by atoms with Gasteiger partial charge in [-0.3, -0.25) is 4.79 Å². The van der Waals surface area contributed by atoms with Gasteiger partial charge >= 0.3 is 0 Å². The van der Waals surface area contributed by atoms with Gasteiger partial charge in [0, 0.05) is 13.1 Å². The van der Waals surface area contributed by atoms with Crippen molar-refractivity contribution in [2.75, 3.05) is 19.6 Å². The van der Waals surface area contributed by atoms with E-state index in [4.69, 9.17) is 0 Å². The standard InChI is InChI=1S/C17H32N2O/c1-4-17(9-10-18-13-17)15(20)19-12-16(11-14(2)3)7-5-6-8-16/h14,18H,4-13H2,1-3H3,(H,19,20). The van der Waals surface area contributed by atoms with Crippen molar-refractivity contribution >= 4 is 5.91 Å². The highest BCUT2D eigenvalue weighted by atomic mass is 16.2. The molecule has 0 spiro atoms. The number of amides is 1. The van der Waals surface area contributed by atoms with Crippen LogP contribution in [0.4, 0.5) is 0 Å². The summed E-state index contributed by atoms with van der Waals surface area (Å²) >= 11 is 0. The molecule has 1 aliphatic heterocycles. The topological polar surface area (TPSA) is 41.1 Å². The summed E-state index contributed by atoms with van der Waals surface area (Å²) in [5.74, 6) is 1.01. The van der Waals surface area contributed by atoms with Crippen molar-refractivity contribution in [1.82, 2.24) is 10.6 Å². The van der Waals surface area contributed by atoms with Crippen molar-refractivity contribution in [1.29, 1.82) is 0 Å². The van der Waals surface area contributed by atoms with Crippen LogP contribution >= 0.6 is 0 Å². The molecule has 2 N–H and O–H groups in total. The largest absolute Gasteiger partial charge is 0.355 e. The molecule has 0 aromatic rings. The molecule has 20 heavy (non-hydrogen) atoms. The van der Waals surface area contributed by atoms with Crippen LogP contribution in [-0.2, 0) is 4.79 Å². The van der Waals surface area contributed by atoms with Gasteiger partial charge in [0.1, 0.15) is 0 Å². The summed E-state index contributed by atoms with van der Waals surface area (Å²) in [6, 6.07) is 0. The predicted octanol–water partition coefficient (Wildman–Crippen LogP) is 3.10. The molecular weight excluding hydrogens is 248 g/mol. The Morgan fingerprint density at radius 2 is 1.95 bits per heavy atom. The Bertz CT molecular complexity index is 326. The first-order valence-electron chi connectivity index (χ1n) is 8.51. The van der Waals surface area contributed by atoms with Crippen LogP contribution in [0.25, 0.3) is 0 Å². The Labute approximate surface area is 124 Å². The van der Waals surface area contributed by atoms with Crippen LogP contribution in [-0.4, -0.2) is 25.5 Å². The summed E-state index contributed by atoms with van der Waals surface area (Å²) in [6.45, 7) is 9.48. The van der Waals surface area contributed by atoms with Crippen LogP contribution in [0.15, 0.2) is 0 Å². The fourth-order valence-corrected chi connectivity index (χ4v) is 4.30. The lowest BCUT2D eigenvalue weighted by atomic mass is 9.77. The van der Waals surface area contributed by atoms with Crippen molar-refractivity contribution in [2.45, 2.75) is 65.7 Å². The van der Waals surface area contributed by atoms with Crippen LogP contribution in [0.3, 0.4) is 0 Å². The quantitative estimate of drug-likeness (QED) is 0.785. The molecule has 3 nitrogen and oxygen atoms in total. The molecule has 0 bridgehead atoms. The van der Waals surface area contributed by atoms with Crippen LogP contribution in [0.5, 0.6) is 0 Å². The zero-order valence-electron chi connectivity index (χ0n) is 13.6. The predicted molar refractivity (Wildman–Crippen MR) is 83.6 cm³/mol. The van der Waals surface area contributed by atoms with Gasteiger partial charge in [0.15, 0.2) is 0 Å². The highest BCUT2D eigenvalue weighted by molar-refractivity contribution is 5.83. The van der Waals surface area contributed by atoms with Gasteiger partial charge in [-0.15, -0.1) is 0 Å². The van der Waals surface area contributed by atoms with E-state index in [1.54, 1.807) is 0 Å². The normalized spacial score (nSPS) is 29.0. The monoisotopic (exact) mass is 280 g/mol. The van der Waals surface area contributed by atoms with E-state index in [1.807, 2.05) is 0 Å². The van der Waals surface area contributed by atoms with E-state index >= 15 is 0 Å². The van der Waals surface area contributed by atoms with E-state index in [2.05, 4.69) is 31.4 Å². The molecule has 1 saturated heterocycles. The van der Waals surface area contributed by atoms with E-state index in [9.17, 15) is 4.79 Å². The minimum atomic E-state index is -0.141. The molecular formula is C17H32N2O. The smallest absolute Gasteiger partial charge is 0.227 e. The Kier molecular flexibility index (Phi) is 5.11. The summed E-state index contributed by atoms with van der Waals surface area (Å²) in [7, 11) is 0. The first-order valence-corrected chi connectivity index (χ1v) is 8.51. The maximum Gasteiger partial charge on any atom is 0.227 e. The first-order chi connectivity index (χ1) is 9.52. The molecule has 1 saturated carbocycles. The molecule has 1 heterocycles. The number of carbonyl (C=O) groups excluding carboxylic acids is 1. The van der Waals surface area contributed by atoms with E-state index in [0.717, 1.165) is 38.4 Å². The Hall–Kier alpha value is -0.570. The molecule has 2 fully saturated rings. The zero-order chi connectivity index (χ0) is 14.6. The highest BCUT2D eigenvalue weighted by Crippen LogP contribution is 2.43. The second kappa shape index (κ2) is 6.46. The maximum absolute atomic E-state index is 12.6. The molecule has 3 heteroatoms. The average molecular weight is 280 g/mol. The third kappa shape index (κ3) is 3.36. The third-order valence-corrected chi connectivity index (χ3v) is 5.53. The molecule has 0 aromatic carbocycles. The fourth-order valence-electron chi connectivity index (χ4n) is 4.30. The van der Waals surface area contributed by atoms with Crippen molar-refractivity contribution < 1.29 is 4.79 Å². The summed E-state index contributed by atoms with van der Waals surface area (Å²) < 4.78 is 0. The van der Waals surface area contributed by atoms with Gasteiger partial charge in [0.25, 0.3) is 0 Å². The third-order valence-electron chi connectivity index (χ3n) is 5.53. The van der Waals surface area contributed by atoms with Crippen molar-refractivity contribution in [3.05, 3.63) is 0 Å². The van der Waals surface area contributed by atoms with Gasteiger partial charge in [-0.25, -0.2) is 0 Å². The molecule has 1 aliphatic carbocycles. The highest BCUT2D eigenvalue weighted by Gasteiger charge is 2.41. The number of hydrogen-bond acceptors (Lipinski definition) is 2. The van der Waals surface area contributed by atoms with Crippen LogP contribution < -0.4 is 10.6 Å². The average Bonchev–Trinajstić information content (AvgIpc) is 3.05. The summed E-state index contributed by atoms with van der Waals surface area (Å²) in [4.78, 5) is 12.6. The van der Waals surface area contributed by atoms with Gasteiger partial charge < -0.3 is 10.6 Å². The lowest BCUT2D eigenvalue weighted by Crippen LogP contribution is -2.46. The molecule has 116 valence electrons. The summed E-state index contributed by atoms with van der Waals surface area (Å²) in [5.41, 5.74) is 0.239. The van der Waals surface area contributed by atoms with Crippen molar-refractivity contribution in [3.63, 3.8) is 0 Å². The molecule has 1 amide bonds. The van der Waals surface area contributed by atoms with Crippen LogP contribution in [0.1, 0.15) is 65.7 Å². The van der Waals surface area contributed by atoms with Gasteiger partial charge in [-0.1, -0.05) is 33.6 Å². The van der Waals surface area contributed by atoms with Crippen molar-refractivity contribution in [2.24, 2.45) is 16.7 Å². The zero-order valence-corrected chi connectivity index (χ0v) is 13.6. The van der Waals surface area contributed by atoms with Crippen LogP contribution in [0, 0.1) is 16.7 Å². The molecule has 1 atom stereocenters. The Morgan fingerprint density at radius 1 is 1.25 bits per heavy atom. The Balaban J connectivity index is 1.93. The van der Waals surface area contributed by atoms with E-state index in [0.29, 0.717) is 11.3 Å². The van der Waals surface area contributed by atoms with Gasteiger partial charge in [0.05, 0.1) is 5.41 Å². The van der Waals surface area contributed by atoms with Gasteiger partial charge in [-0.05, 0) is 50.0 Å². The maximum atomic E-state index is 12.6. The lowest BCUT2D eigenvalue weighted by Gasteiger charge is -2.33. The molecule has 1 unspecified atom stereocenters. The summed E-state index contributed by atoms with van der Waals surface area (Å²) in [6.07, 6.45) is 8.46.